The van der Waals surface area contributed by atoms with Gasteiger partial charge in [0.2, 0.25) is 0 Å². The third-order valence-corrected chi connectivity index (χ3v) is 5.13. The fourth-order valence-electron chi connectivity index (χ4n) is 2.80. The Bertz CT molecular complexity index is 1140. The smallest absolute Gasteiger partial charge is 0.333 e. The Labute approximate surface area is 175 Å². The highest BCUT2D eigenvalue weighted by molar-refractivity contribution is 6.43. The SMILES string of the molecule is O=C1N/C(=C\c2ccc(-c3cccc(Cl)c3Cl)o2)C(=O)N1c1cccc(Cl)c1. The molecule has 0 atom stereocenters. The molecule has 1 N–H and O–H groups in total. The minimum Gasteiger partial charge on any atom is -0.457 e. The highest BCUT2D eigenvalue weighted by Crippen LogP contribution is 2.35. The van der Waals surface area contributed by atoms with Crippen LogP contribution in [0.1, 0.15) is 5.76 Å². The van der Waals surface area contributed by atoms with E-state index in [1.807, 2.05) is 0 Å². The maximum absolute atomic E-state index is 12.7. The monoisotopic (exact) mass is 432 g/mol. The van der Waals surface area contributed by atoms with Gasteiger partial charge in [-0.2, -0.15) is 0 Å². The molecule has 1 aliphatic heterocycles. The lowest BCUT2D eigenvalue weighted by molar-refractivity contribution is -0.113. The number of nitrogens with one attached hydrogen (secondary N) is 1. The number of rotatable bonds is 3. The van der Waals surface area contributed by atoms with Crippen molar-refractivity contribution < 1.29 is 14.0 Å². The van der Waals surface area contributed by atoms with Crippen LogP contribution in [0.15, 0.2) is 64.7 Å². The molecule has 5 nitrogen and oxygen atoms in total. The molecule has 28 heavy (non-hydrogen) atoms. The number of hydrogen-bond donors (Lipinski definition) is 1. The Morgan fingerprint density at radius 3 is 2.54 bits per heavy atom. The van der Waals surface area contributed by atoms with E-state index < -0.39 is 11.9 Å². The van der Waals surface area contributed by atoms with E-state index >= 15 is 0 Å². The van der Waals surface area contributed by atoms with E-state index in [0.29, 0.717) is 37.8 Å². The summed E-state index contributed by atoms with van der Waals surface area (Å²) in [6.07, 6.45) is 1.45. The van der Waals surface area contributed by atoms with Gasteiger partial charge in [0.1, 0.15) is 17.2 Å². The van der Waals surface area contributed by atoms with Crippen LogP contribution >= 0.6 is 34.8 Å². The van der Waals surface area contributed by atoms with E-state index in [1.54, 1.807) is 48.5 Å². The zero-order valence-corrected chi connectivity index (χ0v) is 16.3. The lowest BCUT2D eigenvalue weighted by Crippen LogP contribution is -2.30. The lowest BCUT2D eigenvalue weighted by atomic mass is 10.2. The molecule has 1 fully saturated rings. The summed E-state index contributed by atoms with van der Waals surface area (Å²) in [7, 11) is 0. The maximum Gasteiger partial charge on any atom is 0.333 e. The highest BCUT2D eigenvalue weighted by atomic mass is 35.5. The van der Waals surface area contributed by atoms with Crippen molar-refractivity contribution in [2.24, 2.45) is 0 Å². The van der Waals surface area contributed by atoms with Crippen LogP contribution in [0.3, 0.4) is 0 Å². The number of nitrogens with zero attached hydrogens (tertiary/aromatic N) is 1. The summed E-state index contributed by atoms with van der Waals surface area (Å²) in [5.41, 5.74) is 1.09. The largest absolute Gasteiger partial charge is 0.457 e. The summed E-state index contributed by atoms with van der Waals surface area (Å²) >= 11 is 18.2. The third-order valence-electron chi connectivity index (χ3n) is 4.08. The number of imide groups is 1. The molecule has 0 bridgehead atoms. The van der Waals surface area contributed by atoms with Gasteiger partial charge in [0.05, 0.1) is 15.7 Å². The fourth-order valence-corrected chi connectivity index (χ4v) is 3.37. The molecule has 140 valence electrons. The number of halogens is 3. The van der Waals surface area contributed by atoms with E-state index in [0.717, 1.165) is 4.90 Å². The van der Waals surface area contributed by atoms with Crippen LogP contribution < -0.4 is 10.2 Å². The van der Waals surface area contributed by atoms with E-state index in [1.165, 1.54) is 12.1 Å². The average Bonchev–Trinajstić information content (AvgIpc) is 3.22. The fraction of sp³-hybridized carbons (Fsp3) is 0. The highest BCUT2D eigenvalue weighted by Gasteiger charge is 2.35. The summed E-state index contributed by atoms with van der Waals surface area (Å²) in [6.45, 7) is 0. The molecule has 3 aromatic rings. The van der Waals surface area contributed by atoms with Gasteiger partial charge in [0, 0.05) is 16.7 Å². The van der Waals surface area contributed by atoms with E-state index in [9.17, 15) is 9.59 Å². The van der Waals surface area contributed by atoms with Crippen molar-refractivity contribution in [2.45, 2.75) is 0 Å². The van der Waals surface area contributed by atoms with Gasteiger partial charge in [-0.25, -0.2) is 9.69 Å². The summed E-state index contributed by atoms with van der Waals surface area (Å²) in [5, 5.41) is 3.74. The second-order valence-corrected chi connectivity index (χ2v) is 7.13. The Kier molecular flexibility index (Phi) is 4.89. The summed E-state index contributed by atoms with van der Waals surface area (Å²) in [5.74, 6) is 0.358. The number of furan rings is 1. The van der Waals surface area contributed by atoms with Gasteiger partial charge in [-0.15, -0.1) is 0 Å². The number of urea groups is 1. The Morgan fingerprint density at radius 2 is 1.75 bits per heavy atom. The molecular formula is C20H11Cl3N2O3. The molecule has 2 heterocycles. The van der Waals surface area contributed by atoms with Gasteiger partial charge in [-0.1, -0.05) is 46.9 Å². The Morgan fingerprint density at radius 1 is 0.964 bits per heavy atom. The normalized spacial score (nSPS) is 15.4. The van der Waals surface area contributed by atoms with E-state index in [-0.39, 0.29) is 5.70 Å². The molecule has 1 aromatic heterocycles. The summed E-state index contributed by atoms with van der Waals surface area (Å²) < 4.78 is 5.75. The second-order valence-electron chi connectivity index (χ2n) is 5.91. The zero-order valence-electron chi connectivity index (χ0n) is 14.1. The third kappa shape index (κ3) is 3.40. The molecule has 0 saturated carbocycles. The molecule has 0 unspecified atom stereocenters. The quantitative estimate of drug-likeness (QED) is 0.407. The first-order chi connectivity index (χ1) is 13.4. The molecule has 0 spiro atoms. The van der Waals surface area contributed by atoms with Crippen LogP contribution in [-0.2, 0) is 4.79 Å². The van der Waals surface area contributed by atoms with E-state index in [4.69, 9.17) is 39.2 Å². The number of benzene rings is 2. The van der Waals surface area contributed by atoms with Gasteiger partial charge in [0.15, 0.2) is 0 Å². The van der Waals surface area contributed by atoms with Crippen molar-refractivity contribution in [2.75, 3.05) is 4.90 Å². The molecule has 1 aliphatic rings. The molecule has 0 radical (unpaired) electrons. The standard InChI is InChI=1S/C20H11Cl3N2O3/c21-11-3-1-4-12(9-11)25-19(26)16(24-20(25)27)10-13-7-8-17(28-13)14-5-2-6-15(22)18(14)23/h1-10H,(H,24,27)/b16-10-. The average molecular weight is 434 g/mol. The molecular weight excluding hydrogens is 423 g/mol. The molecule has 4 rings (SSSR count). The summed E-state index contributed by atoms with van der Waals surface area (Å²) in [4.78, 5) is 25.9. The lowest BCUT2D eigenvalue weighted by Gasteiger charge is -2.11. The predicted octanol–water partition coefficient (Wildman–Crippen LogP) is 6.00. The van der Waals surface area contributed by atoms with Crippen molar-refractivity contribution in [1.29, 1.82) is 0 Å². The minimum absolute atomic E-state index is 0.0862. The first kappa shape index (κ1) is 18.6. The predicted molar refractivity (Wildman–Crippen MR) is 110 cm³/mol. The first-order valence-corrected chi connectivity index (χ1v) is 9.24. The number of amides is 3. The molecule has 2 aromatic carbocycles. The van der Waals surface area contributed by atoms with Crippen molar-refractivity contribution in [3.05, 3.63) is 81.1 Å². The van der Waals surface area contributed by atoms with Crippen LogP contribution in [0.5, 0.6) is 0 Å². The minimum atomic E-state index is -0.566. The van der Waals surface area contributed by atoms with Crippen molar-refractivity contribution >= 4 is 58.5 Å². The van der Waals surface area contributed by atoms with Gasteiger partial charge >= 0.3 is 6.03 Å². The van der Waals surface area contributed by atoms with Crippen LogP contribution in [0, 0.1) is 0 Å². The number of carbonyl (C=O) groups is 2. The number of carbonyl (C=O) groups excluding carboxylic acids is 2. The van der Waals surface area contributed by atoms with Crippen molar-refractivity contribution in [1.82, 2.24) is 5.32 Å². The summed E-state index contributed by atoms with van der Waals surface area (Å²) in [6, 6.07) is 14.5. The Balaban J connectivity index is 1.64. The van der Waals surface area contributed by atoms with Gasteiger partial charge in [-0.05, 0) is 42.5 Å². The van der Waals surface area contributed by atoms with Gasteiger partial charge < -0.3 is 9.73 Å². The molecule has 3 amide bonds. The molecule has 0 aliphatic carbocycles. The van der Waals surface area contributed by atoms with Crippen molar-refractivity contribution in [3.63, 3.8) is 0 Å². The van der Waals surface area contributed by atoms with Crippen LogP contribution in [0.25, 0.3) is 17.4 Å². The van der Waals surface area contributed by atoms with Crippen LogP contribution in [0.2, 0.25) is 15.1 Å². The first-order valence-electron chi connectivity index (χ1n) is 8.11. The van der Waals surface area contributed by atoms with Crippen LogP contribution in [-0.4, -0.2) is 11.9 Å². The zero-order chi connectivity index (χ0) is 19.8. The Hall–Kier alpha value is -2.73. The second kappa shape index (κ2) is 7.36. The molecule has 8 heteroatoms. The van der Waals surface area contributed by atoms with Gasteiger partial charge in [0.25, 0.3) is 5.91 Å². The van der Waals surface area contributed by atoms with Crippen LogP contribution in [0.4, 0.5) is 10.5 Å². The van der Waals surface area contributed by atoms with Crippen molar-refractivity contribution in [3.8, 4) is 11.3 Å². The number of hydrogen-bond acceptors (Lipinski definition) is 3. The maximum atomic E-state index is 12.7. The van der Waals surface area contributed by atoms with E-state index in [2.05, 4.69) is 5.32 Å². The number of anilines is 1. The molecule has 1 saturated heterocycles. The topological polar surface area (TPSA) is 62.6 Å². The van der Waals surface area contributed by atoms with Gasteiger partial charge in [-0.3, -0.25) is 4.79 Å².